The van der Waals surface area contributed by atoms with Crippen molar-refractivity contribution >= 4 is 11.6 Å². The van der Waals surface area contributed by atoms with Crippen LogP contribution in [0.1, 0.15) is 69.9 Å². The summed E-state index contributed by atoms with van der Waals surface area (Å²) in [6, 6.07) is 2.96. The summed E-state index contributed by atoms with van der Waals surface area (Å²) in [5.74, 6) is 1.94. The summed E-state index contributed by atoms with van der Waals surface area (Å²) in [6.45, 7) is 2.17. The molecule has 3 N–H and O–H groups in total. The number of aromatic nitrogens is 2. The number of hydrogen-bond acceptors (Lipinski definition) is 4. The maximum absolute atomic E-state index is 9.41. The Morgan fingerprint density at radius 2 is 1.90 bits per heavy atom. The second-order valence-electron chi connectivity index (χ2n) is 6.58. The van der Waals surface area contributed by atoms with Gasteiger partial charge in [0.1, 0.15) is 17.5 Å². The van der Waals surface area contributed by atoms with E-state index in [-0.39, 0.29) is 0 Å². The molecule has 1 aromatic heterocycles. The molecule has 114 valence electrons. The third-order valence-corrected chi connectivity index (χ3v) is 4.92. The molecule has 1 aromatic rings. The Kier molecular flexibility index (Phi) is 4.05. The normalized spacial score (nSPS) is 21.5. The van der Waals surface area contributed by atoms with Gasteiger partial charge in [0, 0.05) is 6.04 Å². The SMILES string of the molecule is CC(Nc1nn(C2CCCCCC2)c(N)c1C#N)C1CC1. The zero-order valence-corrected chi connectivity index (χ0v) is 12.8. The van der Waals surface area contributed by atoms with E-state index in [1.165, 1.54) is 38.5 Å². The number of nitrogen functional groups attached to an aromatic ring is 1. The Labute approximate surface area is 126 Å². The molecular formula is C16H25N5. The van der Waals surface area contributed by atoms with Crippen LogP contribution in [0.15, 0.2) is 0 Å². The van der Waals surface area contributed by atoms with Gasteiger partial charge in [-0.05, 0) is 38.5 Å². The summed E-state index contributed by atoms with van der Waals surface area (Å²) in [5, 5.41) is 17.5. The predicted molar refractivity (Wildman–Crippen MR) is 83.9 cm³/mol. The number of nitrogens with two attached hydrogens (primary N) is 1. The van der Waals surface area contributed by atoms with E-state index in [2.05, 4.69) is 23.4 Å². The quantitative estimate of drug-likeness (QED) is 0.831. The Bertz CT molecular complexity index is 530. The molecule has 5 nitrogen and oxygen atoms in total. The number of nitriles is 1. The second-order valence-corrected chi connectivity index (χ2v) is 6.58. The molecule has 0 saturated heterocycles. The Morgan fingerprint density at radius 3 is 2.48 bits per heavy atom. The van der Waals surface area contributed by atoms with Gasteiger partial charge in [0.2, 0.25) is 0 Å². The minimum Gasteiger partial charge on any atom is -0.383 e. The Balaban J connectivity index is 1.83. The van der Waals surface area contributed by atoms with E-state index in [1.54, 1.807) is 0 Å². The van der Waals surface area contributed by atoms with E-state index in [4.69, 9.17) is 5.73 Å². The molecule has 3 rings (SSSR count). The van der Waals surface area contributed by atoms with Gasteiger partial charge < -0.3 is 11.1 Å². The molecule has 0 radical (unpaired) electrons. The second kappa shape index (κ2) is 5.97. The van der Waals surface area contributed by atoms with E-state index < -0.39 is 0 Å². The Hall–Kier alpha value is -1.70. The molecule has 2 aliphatic carbocycles. The third-order valence-electron chi connectivity index (χ3n) is 4.92. The van der Waals surface area contributed by atoms with E-state index >= 15 is 0 Å². The minimum atomic E-state index is 0.353. The van der Waals surface area contributed by atoms with Crippen LogP contribution >= 0.6 is 0 Å². The van der Waals surface area contributed by atoms with Crippen LogP contribution in [0, 0.1) is 17.2 Å². The zero-order valence-electron chi connectivity index (χ0n) is 12.8. The van der Waals surface area contributed by atoms with Crippen molar-refractivity contribution in [3.63, 3.8) is 0 Å². The third kappa shape index (κ3) is 2.99. The molecule has 2 saturated carbocycles. The van der Waals surface area contributed by atoms with E-state index in [0.29, 0.717) is 29.3 Å². The van der Waals surface area contributed by atoms with Gasteiger partial charge in [-0.1, -0.05) is 25.7 Å². The van der Waals surface area contributed by atoms with Crippen LogP contribution < -0.4 is 11.1 Å². The summed E-state index contributed by atoms with van der Waals surface area (Å²) in [6.07, 6.45) is 9.84. The summed E-state index contributed by atoms with van der Waals surface area (Å²) < 4.78 is 1.91. The first-order valence-electron chi connectivity index (χ1n) is 8.25. The van der Waals surface area contributed by atoms with Gasteiger partial charge in [0.15, 0.2) is 5.82 Å². The fourth-order valence-corrected chi connectivity index (χ4v) is 3.37. The van der Waals surface area contributed by atoms with Gasteiger partial charge in [-0.25, -0.2) is 4.68 Å². The van der Waals surface area contributed by atoms with Gasteiger partial charge in [0.25, 0.3) is 0 Å². The van der Waals surface area contributed by atoms with Crippen molar-refractivity contribution in [3.05, 3.63) is 5.56 Å². The Morgan fingerprint density at radius 1 is 1.24 bits per heavy atom. The first kappa shape index (κ1) is 14.2. The maximum Gasteiger partial charge on any atom is 0.168 e. The van der Waals surface area contributed by atoms with Gasteiger partial charge in [-0.15, -0.1) is 0 Å². The maximum atomic E-state index is 9.41. The van der Waals surface area contributed by atoms with E-state index in [9.17, 15) is 5.26 Å². The lowest BCUT2D eigenvalue weighted by atomic mass is 10.1. The van der Waals surface area contributed by atoms with Gasteiger partial charge in [0.05, 0.1) is 6.04 Å². The lowest BCUT2D eigenvalue weighted by Gasteiger charge is -2.16. The summed E-state index contributed by atoms with van der Waals surface area (Å²) >= 11 is 0. The zero-order chi connectivity index (χ0) is 14.8. The van der Waals surface area contributed by atoms with E-state index in [0.717, 1.165) is 18.8 Å². The van der Waals surface area contributed by atoms with Gasteiger partial charge >= 0.3 is 0 Å². The molecule has 0 aromatic carbocycles. The van der Waals surface area contributed by atoms with Crippen LogP contribution in [0.5, 0.6) is 0 Å². The first-order chi connectivity index (χ1) is 10.2. The molecule has 0 bridgehead atoms. The topological polar surface area (TPSA) is 79.7 Å². The summed E-state index contributed by atoms with van der Waals surface area (Å²) in [7, 11) is 0. The molecule has 0 spiro atoms. The molecule has 1 unspecified atom stereocenters. The summed E-state index contributed by atoms with van der Waals surface area (Å²) in [4.78, 5) is 0. The largest absolute Gasteiger partial charge is 0.383 e. The van der Waals surface area contributed by atoms with Crippen molar-refractivity contribution in [2.24, 2.45) is 5.92 Å². The summed E-state index contributed by atoms with van der Waals surface area (Å²) in [5.41, 5.74) is 6.72. The van der Waals surface area contributed by atoms with E-state index in [1.807, 2.05) is 4.68 Å². The van der Waals surface area contributed by atoms with Crippen molar-refractivity contribution in [2.75, 3.05) is 11.1 Å². The highest BCUT2D eigenvalue weighted by Gasteiger charge is 2.30. The van der Waals surface area contributed by atoms with Gasteiger partial charge in [-0.2, -0.15) is 10.4 Å². The molecule has 5 heteroatoms. The van der Waals surface area contributed by atoms with Crippen molar-refractivity contribution in [3.8, 4) is 6.07 Å². The highest BCUT2D eigenvalue weighted by Crippen LogP contribution is 2.36. The minimum absolute atomic E-state index is 0.353. The van der Waals surface area contributed by atoms with Crippen LogP contribution in [0.4, 0.5) is 11.6 Å². The molecule has 0 amide bonds. The lowest BCUT2D eigenvalue weighted by Crippen LogP contribution is -2.18. The highest BCUT2D eigenvalue weighted by molar-refractivity contribution is 5.64. The molecule has 2 aliphatic rings. The van der Waals surface area contributed by atoms with Crippen LogP contribution in [-0.4, -0.2) is 15.8 Å². The number of hydrogen-bond donors (Lipinski definition) is 2. The van der Waals surface area contributed by atoms with Crippen molar-refractivity contribution in [2.45, 2.75) is 70.4 Å². The molecule has 1 heterocycles. The molecule has 0 aliphatic heterocycles. The molecule has 1 atom stereocenters. The van der Waals surface area contributed by atoms with Crippen molar-refractivity contribution in [1.82, 2.24) is 9.78 Å². The monoisotopic (exact) mass is 287 g/mol. The average molecular weight is 287 g/mol. The van der Waals surface area contributed by atoms with Crippen molar-refractivity contribution < 1.29 is 0 Å². The number of rotatable bonds is 4. The van der Waals surface area contributed by atoms with Crippen molar-refractivity contribution in [1.29, 1.82) is 5.26 Å². The standard InChI is InChI=1S/C16H25N5/c1-11(12-8-9-12)19-16-14(10-17)15(18)21(20-16)13-6-4-2-3-5-7-13/h11-13H,2-9,18H2,1H3,(H,19,20). The average Bonchev–Trinajstić information content (AvgIpc) is 3.28. The highest BCUT2D eigenvalue weighted by atomic mass is 15.4. The van der Waals surface area contributed by atoms with Crippen LogP contribution in [0.25, 0.3) is 0 Å². The van der Waals surface area contributed by atoms with Gasteiger partial charge in [-0.3, -0.25) is 0 Å². The molecule has 2 fully saturated rings. The lowest BCUT2D eigenvalue weighted by molar-refractivity contribution is 0.411. The van der Waals surface area contributed by atoms with Crippen LogP contribution in [-0.2, 0) is 0 Å². The fraction of sp³-hybridized carbons (Fsp3) is 0.750. The smallest absolute Gasteiger partial charge is 0.168 e. The fourth-order valence-electron chi connectivity index (χ4n) is 3.37. The molecular weight excluding hydrogens is 262 g/mol. The predicted octanol–water partition coefficient (Wildman–Crippen LogP) is 3.44. The number of nitrogens with zero attached hydrogens (tertiary/aromatic N) is 3. The van der Waals surface area contributed by atoms with Crippen LogP contribution in [0.3, 0.4) is 0 Å². The first-order valence-corrected chi connectivity index (χ1v) is 8.25. The molecule has 21 heavy (non-hydrogen) atoms. The van der Waals surface area contributed by atoms with Crippen LogP contribution in [0.2, 0.25) is 0 Å². The number of nitrogens with one attached hydrogen (secondary N) is 1. The number of anilines is 2.